The summed E-state index contributed by atoms with van der Waals surface area (Å²) in [6, 6.07) is 36.1. The second-order valence-corrected chi connectivity index (χ2v) is 13.9. The molecule has 0 radical (unpaired) electrons. The number of benzene rings is 5. The minimum absolute atomic E-state index is 0.0849. The molecule has 0 unspecified atom stereocenters. The lowest BCUT2D eigenvalue weighted by Gasteiger charge is -2.44. The second kappa shape index (κ2) is 13.7. The number of nitrogens with zero attached hydrogens (tertiary/aromatic N) is 2. The van der Waals surface area contributed by atoms with Crippen LogP contribution in [0.4, 0.5) is 16.2 Å². The zero-order valence-electron chi connectivity index (χ0n) is 27.5. The number of hydrogen-bond donors (Lipinski definition) is 1. The van der Waals surface area contributed by atoms with E-state index in [1.807, 2.05) is 48.5 Å². The number of barbiturate groups is 1. The highest BCUT2D eigenvalue weighted by Gasteiger charge is 2.40. The molecule has 0 aromatic heterocycles. The first-order valence-corrected chi connectivity index (χ1v) is 17.7. The molecule has 254 valence electrons. The van der Waals surface area contributed by atoms with Crippen molar-refractivity contribution < 1.29 is 19.1 Å². The van der Waals surface area contributed by atoms with E-state index in [0.717, 1.165) is 47.5 Å². The van der Waals surface area contributed by atoms with Gasteiger partial charge in [0.1, 0.15) is 17.9 Å². The molecular formula is C42H33Cl2N3O4. The molecule has 3 heterocycles. The van der Waals surface area contributed by atoms with Gasteiger partial charge in [0.15, 0.2) is 0 Å². The molecule has 4 amide bonds. The number of carbonyl (C=O) groups excluding carboxylic acids is 3. The van der Waals surface area contributed by atoms with E-state index < -0.39 is 17.8 Å². The smallest absolute Gasteiger partial charge is 0.335 e. The summed E-state index contributed by atoms with van der Waals surface area (Å²) in [7, 11) is 0. The van der Waals surface area contributed by atoms with E-state index in [-0.39, 0.29) is 24.0 Å². The topological polar surface area (TPSA) is 79.0 Å². The van der Waals surface area contributed by atoms with Crippen LogP contribution in [0.2, 0.25) is 10.0 Å². The number of amides is 4. The van der Waals surface area contributed by atoms with E-state index in [4.69, 9.17) is 27.9 Å². The summed E-state index contributed by atoms with van der Waals surface area (Å²) in [4.78, 5) is 44.5. The van der Waals surface area contributed by atoms with Gasteiger partial charge in [0.05, 0.1) is 5.69 Å². The number of nitrogens with one attached hydrogen (secondary N) is 1. The Hall–Kier alpha value is -5.37. The molecule has 5 aromatic carbocycles. The summed E-state index contributed by atoms with van der Waals surface area (Å²) in [5.74, 6) is -0.667. The number of rotatable bonds is 7. The van der Waals surface area contributed by atoms with Gasteiger partial charge in [-0.1, -0.05) is 102 Å². The lowest BCUT2D eigenvalue weighted by molar-refractivity contribution is -0.122. The first-order chi connectivity index (χ1) is 24.8. The molecule has 9 heteroatoms. The van der Waals surface area contributed by atoms with E-state index in [0.29, 0.717) is 27.0 Å². The third-order valence-electron chi connectivity index (χ3n) is 9.96. The van der Waals surface area contributed by atoms with Gasteiger partial charge >= 0.3 is 6.03 Å². The molecule has 0 bridgehead atoms. The fourth-order valence-electron chi connectivity index (χ4n) is 7.49. The summed E-state index contributed by atoms with van der Waals surface area (Å²) in [5.41, 5.74) is 7.41. The predicted octanol–water partition coefficient (Wildman–Crippen LogP) is 9.12. The van der Waals surface area contributed by atoms with E-state index in [1.54, 1.807) is 42.5 Å². The summed E-state index contributed by atoms with van der Waals surface area (Å²) in [6.07, 6.45) is 3.32. The van der Waals surface area contributed by atoms with Crippen LogP contribution in [0.25, 0.3) is 6.08 Å². The van der Waals surface area contributed by atoms with Gasteiger partial charge in [-0.3, -0.25) is 14.9 Å². The summed E-state index contributed by atoms with van der Waals surface area (Å²) >= 11 is 12.3. The number of hydrogen-bond acceptors (Lipinski definition) is 5. The van der Waals surface area contributed by atoms with Crippen molar-refractivity contribution in [3.63, 3.8) is 0 Å². The van der Waals surface area contributed by atoms with Crippen molar-refractivity contribution in [3.8, 4) is 5.75 Å². The summed E-state index contributed by atoms with van der Waals surface area (Å²) in [5, 5.41) is 3.47. The maximum atomic E-state index is 14.2. The number of anilines is 2. The number of halogens is 2. The van der Waals surface area contributed by atoms with E-state index >= 15 is 0 Å². The Labute approximate surface area is 306 Å². The monoisotopic (exact) mass is 713 g/mol. The maximum absolute atomic E-state index is 14.2. The van der Waals surface area contributed by atoms with Crippen LogP contribution in [-0.2, 0) is 16.2 Å². The van der Waals surface area contributed by atoms with Gasteiger partial charge in [-0.05, 0) is 83.1 Å². The fourth-order valence-corrected chi connectivity index (χ4v) is 7.95. The van der Waals surface area contributed by atoms with E-state index in [9.17, 15) is 14.4 Å². The van der Waals surface area contributed by atoms with Crippen molar-refractivity contribution >= 4 is 58.5 Å². The Kier molecular flexibility index (Phi) is 8.84. The molecule has 3 aliphatic rings. The first kappa shape index (κ1) is 32.8. The third-order valence-corrected chi connectivity index (χ3v) is 10.5. The van der Waals surface area contributed by atoms with Gasteiger partial charge in [0.2, 0.25) is 0 Å². The molecule has 3 aliphatic heterocycles. The largest absolute Gasteiger partial charge is 0.489 e. The molecule has 1 fully saturated rings. The highest BCUT2D eigenvalue weighted by atomic mass is 35.5. The average Bonchev–Trinajstić information content (AvgIpc) is 3.14. The van der Waals surface area contributed by atoms with Crippen LogP contribution in [0.1, 0.15) is 58.1 Å². The lowest BCUT2D eigenvalue weighted by Crippen LogP contribution is -2.54. The number of carbonyl (C=O) groups is 3. The van der Waals surface area contributed by atoms with Crippen LogP contribution in [0, 0.1) is 0 Å². The van der Waals surface area contributed by atoms with Crippen LogP contribution >= 0.6 is 23.2 Å². The highest BCUT2D eigenvalue weighted by Crippen LogP contribution is 2.50. The molecule has 2 atom stereocenters. The molecule has 51 heavy (non-hydrogen) atoms. The Morgan fingerprint density at radius 1 is 0.745 bits per heavy atom. The minimum Gasteiger partial charge on any atom is -0.489 e. The van der Waals surface area contributed by atoms with Gasteiger partial charge in [0.25, 0.3) is 11.8 Å². The van der Waals surface area contributed by atoms with E-state index in [1.165, 1.54) is 22.9 Å². The molecule has 5 aromatic rings. The van der Waals surface area contributed by atoms with Crippen molar-refractivity contribution in [1.29, 1.82) is 0 Å². The fraction of sp³-hybridized carbons (Fsp3) is 0.167. The zero-order valence-corrected chi connectivity index (χ0v) is 29.0. The van der Waals surface area contributed by atoms with Crippen LogP contribution < -0.4 is 19.9 Å². The van der Waals surface area contributed by atoms with Gasteiger partial charge in [-0.15, -0.1) is 0 Å². The molecule has 1 N–H and O–H groups in total. The number of ether oxygens (including phenoxy) is 1. The molecule has 0 aliphatic carbocycles. The van der Waals surface area contributed by atoms with Crippen molar-refractivity contribution in [2.75, 3.05) is 22.9 Å². The van der Waals surface area contributed by atoms with Crippen LogP contribution in [0.15, 0.2) is 121 Å². The standard InChI is InChI=1S/C42H33Cl2N3O4/c43-30-14-13-29(38(44)22-30)25-51-32-15-11-26(12-16-32)21-37-40(48)45-42(50)47(41(37)49)31-23-35-33(27-7-3-1-4-8-27)17-19-46-20-18-34(36(24-31)39(35)46)28-9-5-2-6-10-28/h1-16,21-24,33-34H,17-20,25H2,(H,45,48,50)/b37-21+/t33-,34-/m1/s1. The van der Waals surface area contributed by atoms with E-state index in [2.05, 4.69) is 34.5 Å². The van der Waals surface area contributed by atoms with Gasteiger partial charge in [0, 0.05) is 46.2 Å². The molecule has 8 rings (SSSR count). The number of imide groups is 2. The Morgan fingerprint density at radius 2 is 1.35 bits per heavy atom. The average molecular weight is 715 g/mol. The molecular weight excluding hydrogens is 681 g/mol. The van der Waals surface area contributed by atoms with Crippen molar-refractivity contribution in [1.82, 2.24) is 5.32 Å². The normalized spacial score (nSPS) is 19.2. The summed E-state index contributed by atoms with van der Waals surface area (Å²) < 4.78 is 5.90. The number of urea groups is 1. The summed E-state index contributed by atoms with van der Waals surface area (Å²) in [6.45, 7) is 2.08. The molecule has 0 saturated carbocycles. The predicted molar refractivity (Wildman–Crippen MR) is 201 cm³/mol. The Bertz CT molecular complexity index is 2120. The molecule has 0 spiro atoms. The van der Waals surface area contributed by atoms with Crippen LogP contribution in [0.5, 0.6) is 5.75 Å². The maximum Gasteiger partial charge on any atom is 0.335 e. The third kappa shape index (κ3) is 6.39. The lowest BCUT2D eigenvalue weighted by atomic mass is 9.76. The van der Waals surface area contributed by atoms with Crippen molar-refractivity contribution in [3.05, 3.63) is 164 Å². The van der Waals surface area contributed by atoms with Crippen LogP contribution in [0.3, 0.4) is 0 Å². The Balaban J connectivity index is 1.14. The van der Waals surface area contributed by atoms with Crippen molar-refractivity contribution in [2.45, 2.75) is 31.3 Å². The SMILES string of the molecule is O=C1NC(=O)N(c2cc3c4c(c2)[C@@H](c2ccccc2)CCN4CC[C@@H]3c2ccccc2)C(=O)/C1=C/c1ccc(OCc2ccc(Cl)cc2Cl)cc1. The quantitative estimate of drug-likeness (QED) is 0.134. The van der Waals surface area contributed by atoms with Crippen molar-refractivity contribution in [2.24, 2.45) is 0 Å². The van der Waals surface area contributed by atoms with Gasteiger partial charge < -0.3 is 9.64 Å². The molecule has 7 nitrogen and oxygen atoms in total. The zero-order chi connectivity index (χ0) is 35.1. The Morgan fingerprint density at radius 3 is 1.94 bits per heavy atom. The molecule has 1 saturated heterocycles. The minimum atomic E-state index is -0.769. The highest BCUT2D eigenvalue weighted by molar-refractivity contribution is 6.39. The van der Waals surface area contributed by atoms with Gasteiger partial charge in [-0.2, -0.15) is 0 Å². The second-order valence-electron chi connectivity index (χ2n) is 13.0. The van der Waals surface area contributed by atoms with Gasteiger partial charge in [-0.25, -0.2) is 9.69 Å². The van der Waals surface area contributed by atoms with Crippen LogP contribution in [-0.4, -0.2) is 30.9 Å². The first-order valence-electron chi connectivity index (χ1n) is 16.9.